The third kappa shape index (κ3) is 4.69. The van der Waals surface area contributed by atoms with Gasteiger partial charge in [-0.3, -0.25) is 9.59 Å². The van der Waals surface area contributed by atoms with Gasteiger partial charge in [0.05, 0.1) is 35.3 Å². The number of hydrogen-bond acceptors (Lipinski definition) is 4. The number of nitrogens with zero attached hydrogens (tertiary/aromatic N) is 2. The minimum atomic E-state index is -0.656. The van der Waals surface area contributed by atoms with E-state index in [0.717, 1.165) is 5.56 Å². The fraction of sp³-hybridized carbons (Fsp3) is 0.389. The molecule has 1 atom stereocenters. The van der Waals surface area contributed by atoms with Crippen molar-refractivity contribution in [2.75, 3.05) is 20.7 Å². The van der Waals surface area contributed by atoms with Crippen molar-refractivity contribution in [3.63, 3.8) is 0 Å². The third-order valence-corrected chi connectivity index (χ3v) is 4.83. The molecule has 0 saturated heterocycles. The molecule has 6 nitrogen and oxygen atoms in total. The summed E-state index contributed by atoms with van der Waals surface area (Å²) in [5, 5.41) is 12.9. The van der Waals surface area contributed by atoms with Gasteiger partial charge in [-0.1, -0.05) is 29.3 Å². The summed E-state index contributed by atoms with van der Waals surface area (Å²) >= 11 is 11.9. The van der Waals surface area contributed by atoms with E-state index >= 15 is 0 Å². The number of hydrogen-bond donors (Lipinski definition) is 1. The van der Waals surface area contributed by atoms with Crippen LogP contribution in [0.1, 0.15) is 18.4 Å². The highest BCUT2D eigenvalue weighted by atomic mass is 35.5. The zero-order chi connectivity index (χ0) is 19.3. The van der Waals surface area contributed by atoms with Gasteiger partial charge in [-0.15, -0.1) is 0 Å². The Morgan fingerprint density at radius 2 is 2.15 bits per heavy atom. The molecule has 138 valence electrons. The highest BCUT2D eigenvalue weighted by Gasteiger charge is 2.33. The molecule has 2 rings (SSSR count). The van der Waals surface area contributed by atoms with Crippen LogP contribution >= 0.6 is 23.2 Å². The lowest BCUT2D eigenvalue weighted by Crippen LogP contribution is -2.36. The standard InChI is InChI=1S/C18H19Cl2N3O3/c1-23-10-13(16(26-2)18(23)25)17(24)22-12(9-21)5-3-4-11-6-7-14(19)15(20)8-11/h6-8,12H,3-5,10H2,1-2H3,(H,22,24). The minimum Gasteiger partial charge on any atom is -0.491 e. The third-order valence-electron chi connectivity index (χ3n) is 4.09. The first-order valence-corrected chi connectivity index (χ1v) is 8.80. The first kappa shape index (κ1) is 20.1. The normalized spacial score (nSPS) is 15.0. The van der Waals surface area contributed by atoms with E-state index in [2.05, 4.69) is 11.4 Å². The monoisotopic (exact) mass is 395 g/mol. The van der Waals surface area contributed by atoms with E-state index in [0.29, 0.717) is 29.3 Å². The number of ether oxygens (including phenoxy) is 1. The van der Waals surface area contributed by atoms with Gasteiger partial charge in [0.15, 0.2) is 5.76 Å². The molecule has 0 bridgehead atoms. The molecule has 0 aromatic heterocycles. The van der Waals surface area contributed by atoms with Crippen molar-refractivity contribution in [1.29, 1.82) is 5.26 Å². The SMILES string of the molecule is COC1=C(C(=O)NC(C#N)CCCc2ccc(Cl)c(Cl)c2)CN(C)C1=O. The number of nitrogens with one attached hydrogen (secondary N) is 1. The van der Waals surface area contributed by atoms with E-state index in [-0.39, 0.29) is 23.8 Å². The second-order valence-corrected chi connectivity index (χ2v) is 6.78. The lowest BCUT2D eigenvalue weighted by atomic mass is 10.0. The molecule has 26 heavy (non-hydrogen) atoms. The van der Waals surface area contributed by atoms with Crippen molar-refractivity contribution in [2.45, 2.75) is 25.3 Å². The molecule has 0 saturated carbocycles. The number of halogens is 2. The highest BCUT2D eigenvalue weighted by Crippen LogP contribution is 2.23. The summed E-state index contributed by atoms with van der Waals surface area (Å²) in [6, 6.07) is 6.82. The van der Waals surface area contributed by atoms with Crippen molar-refractivity contribution in [3.05, 3.63) is 45.1 Å². The molecule has 0 spiro atoms. The van der Waals surface area contributed by atoms with Crippen molar-refractivity contribution < 1.29 is 14.3 Å². The predicted octanol–water partition coefficient (Wildman–Crippen LogP) is 2.70. The molecule has 0 fully saturated rings. The van der Waals surface area contributed by atoms with Crippen LogP contribution < -0.4 is 5.32 Å². The molecule has 8 heteroatoms. The Labute approximate surface area is 162 Å². The average molecular weight is 396 g/mol. The fourth-order valence-corrected chi connectivity index (χ4v) is 3.01. The van der Waals surface area contributed by atoms with Gasteiger partial charge in [-0.25, -0.2) is 0 Å². The molecule has 1 aliphatic heterocycles. The summed E-state index contributed by atoms with van der Waals surface area (Å²) in [7, 11) is 2.93. The number of amides is 2. The van der Waals surface area contributed by atoms with Gasteiger partial charge >= 0.3 is 0 Å². The fourth-order valence-electron chi connectivity index (χ4n) is 2.69. The number of carbonyl (C=O) groups excluding carboxylic acids is 2. The second kappa shape index (κ2) is 8.93. The van der Waals surface area contributed by atoms with Crippen LogP contribution in [0.5, 0.6) is 0 Å². The molecular formula is C18H19Cl2N3O3. The van der Waals surface area contributed by atoms with E-state index in [9.17, 15) is 14.9 Å². The second-order valence-electron chi connectivity index (χ2n) is 5.97. The van der Waals surface area contributed by atoms with Gasteiger partial charge in [-0.2, -0.15) is 5.26 Å². The number of benzene rings is 1. The molecule has 1 aromatic rings. The molecule has 1 aliphatic rings. The van der Waals surface area contributed by atoms with Crippen LogP contribution in [-0.2, 0) is 20.7 Å². The van der Waals surface area contributed by atoms with Crippen LogP contribution in [-0.4, -0.2) is 43.5 Å². The van der Waals surface area contributed by atoms with Crippen molar-refractivity contribution in [3.8, 4) is 6.07 Å². The van der Waals surface area contributed by atoms with Gasteiger partial charge in [0, 0.05) is 7.05 Å². The molecule has 1 unspecified atom stereocenters. The number of nitriles is 1. The van der Waals surface area contributed by atoms with Gasteiger partial charge in [-0.05, 0) is 37.0 Å². The van der Waals surface area contributed by atoms with Crippen LogP contribution in [0.3, 0.4) is 0 Å². The molecule has 1 aromatic carbocycles. The first-order valence-electron chi connectivity index (χ1n) is 8.04. The molecule has 0 aliphatic carbocycles. The Kier molecular flexibility index (Phi) is 6.90. The van der Waals surface area contributed by atoms with Crippen LogP contribution in [0.25, 0.3) is 0 Å². The number of likely N-dealkylation sites (N-methyl/N-ethyl adjacent to an activating group) is 1. The Morgan fingerprint density at radius 3 is 2.77 bits per heavy atom. The zero-order valence-electron chi connectivity index (χ0n) is 14.5. The lowest BCUT2D eigenvalue weighted by molar-refractivity contribution is -0.127. The summed E-state index contributed by atoms with van der Waals surface area (Å²) in [5.41, 5.74) is 1.25. The molecule has 1 heterocycles. The topological polar surface area (TPSA) is 82.4 Å². The van der Waals surface area contributed by atoms with Crippen molar-refractivity contribution in [2.24, 2.45) is 0 Å². The predicted molar refractivity (Wildman–Crippen MR) is 98.6 cm³/mol. The number of carbonyl (C=O) groups is 2. The maximum absolute atomic E-state index is 12.4. The van der Waals surface area contributed by atoms with Crippen LogP contribution in [0, 0.1) is 11.3 Å². The molecule has 1 N–H and O–H groups in total. The summed E-state index contributed by atoms with van der Waals surface area (Å²) in [6.07, 6.45) is 1.87. The van der Waals surface area contributed by atoms with Gasteiger partial charge in [0.1, 0.15) is 6.04 Å². The highest BCUT2D eigenvalue weighted by molar-refractivity contribution is 6.42. The van der Waals surface area contributed by atoms with Gasteiger partial charge < -0.3 is 15.0 Å². The van der Waals surface area contributed by atoms with E-state index in [1.54, 1.807) is 19.2 Å². The molecular weight excluding hydrogens is 377 g/mol. The van der Waals surface area contributed by atoms with Crippen LogP contribution in [0.4, 0.5) is 0 Å². The minimum absolute atomic E-state index is 0.0255. The Hall–Kier alpha value is -2.23. The van der Waals surface area contributed by atoms with E-state index in [4.69, 9.17) is 27.9 Å². The maximum Gasteiger partial charge on any atom is 0.289 e. The largest absolute Gasteiger partial charge is 0.491 e. The van der Waals surface area contributed by atoms with E-state index in [1.807, 2.05) is 6.07 Å². The maximum atomic E-state index is 12.4. The van der Waals surface area contributed by atoms with E-state index < -0.39 is 11.9 Å². The van der Waals surface area contributed by atoms with Crippen LogP contribution in [0.2, 0.25) is 10.0 Å². The first-order chi connectivity index (χ1) is 12.4. The summed E-state index contributed by atoms with van der Waals surface area (Å²) in [5.74, 6) is -0.774. The number of methoxy groups -OCH3 is 1. The summed E-state index contributed by atoms with van der Waals surface area (Å²) < 4.78 is 5.02. The Balaban J connectivity index is 1.92. The van der Waals surface area contributed by atoms with Gasteiger partial charge in [0.2, 0.25) is 0 Å². The van der Waals surface area contributed by atoms with Crippen LogP contribution in [0.15, 0.2) is 29.5 Å². The Morgan fingerprint density at radius 1 is 1.42 bits per heavy atom. The number of rotatable bonds is 7. The summed E-state index contributed by atoms with van der Waals surface area (Å²) in [4.78, 5) is 25.6. The average Bonchev–Trinajstić information content (AvgIpc) is 2.91. The zero-order valence-corrected chi connectivity index (χ0v) is 16.0. The quantitative estimate of drug-likeness (QED) is 0.768. The lowest BCUT2D eigenvalue weighted by Gasteiger charge is -2.13. The Bertz CT molecular complexity index is 786. The number of aryl methyl sites for hydroxylation is 1. The molecule has 2 amide bonds. The van der Waals surface area contributed by atoms with Crippen molar-refractivity contribution in [1.82, 2.24) is 10.2 Å². The van der Waals surface area contributed by atoms with E-state index in [1.165, 1.54) is 12.0 Å². The molecule has 0 radical (unpaired) electrons. The van der Waals surface area contributed by atoms with Gasteiger partial charge in [0.25, 0.3) is 11.8 Å². The smallest absolute Gasteiger partial charge is 0.289 e. The summed E-state index contributed by atoms with van der Waals surface area (Å²) in [6.45, 7) is 0.162. The van der Waals surface area contributed by atoms with Crippen molar-refractivity contribution >= 4 is 35.0 Å².